The molecule has 0 aromatic heterocycles. The van der Waals surface area contributed by atoms with Crippen LogP contribution in [0, 0.1) is 0 Å². The first-order valence-corrected chi connectivity index (χ1v) is 13.6. The Hall–Kier alpha value is -4.19. The fourth-order valence-electron chi connectivity index (χ4n) is 4.21. The summed E-state index contributed by atoms with van der Waals surface area (Å²) in [5.41, 5.74) is 5.78. The van der Waals surface area contributed by atoms with Gasteiger partial charge in [0.15, 0.2) is 7.26 Å². The number of nitrogens with one attached hydrogen (secondary N) is 2. The van der Waals surface area contributed by atoms with Gasteiger partial charge in [0.25, 0.3) is 11.8 Å². The molecule has 6 nitrogen and oxygen atoms in total. The minimum atomic E-state index is -3.01. The van der Waals surface area contributed by atoms with Gasteiger partial charge in [-0.2, -0.15) is 0 Å². The molecular formula is C29H25N3O3PS+. The van der Waals surface area contributed by atoms with Crippen molar-refractivity contribution in [2.24, 2.45) is 5.73 Å². The lowest BCUT2D eigenvalue weighted by Gasteiger charge is -2.29. The van der Waals surface area contributed by atoms with Crippen LogP contribution in [0.3, 0.4) is 0 Å². The molecule has 0 fully saturated rings. The van der Waals surface area contributed by atoms with Gasteiger partial charge in [0, 0.05) is 5.56 Å². The summed E-state index contributed by atoms with van der Waals surface area (Å²) >= 11 is 4.68. The van der Waals surface area contributed by atoms with Crippen LogP contribution in [0.15, 0.2) is 132 Å². The number of carbonyl (C=O) groups excluding carboxylic acids is 3. The Balaban J connectivity index is 2.08. The lowest BCUT2D eigenvalue weighted by Crippen LogP contribution is -2.43. The SMILES string of the molecule is NC(=O)NC(=O)C(=C(S)NC(=O)c1ccccc1)[P+](c1ccccc1)(c1ccccc1)c1ccccc1. The van der Waals surface area contributed by atoms with Crippen molar-refractivity contribution >= 4 is 53.7 Å². The van der Waals surface area contributed by atoms with E-state index in [9.17, 15) is 14.4 Å². The Kier molecular flexibility index (Phi) is 8.18. The molecule has 4 amide bonds. The molecule has 4 aromatic carbocycles. The second kappa shape index (κ2) is 11.7. The molecule has 184 valence electrons. The maximum atomic E-state index is 13.8. The van der Waals surface area contributed by atoms with Crippen LogP contribution >= 0.6 is 19.9 Å². The third kappa shape index (κ3) is 5.48. The zero-order chi connectivity index (χ0) is 26.3. The highest BCUT2D eigenvalue weighted by atomic mass is 32.1. The number of amides is 4. The number of urea groups is 1. The van der Waals surface area contributed by atoms with Crippen molar-refractivity contribution in [3.8, 4) is 0 Å². The molecule has 37 heavy (non-hydrogen) atoms. The van der Waals surface area contributed by atoms with Crippen LogP contribution in [0.2, 0.25) is 0 Å². The zero-order valence-corrected chi connectivity index (χ0v) is 21.5. The van der Waals surface area contributed by atoms with E-state index in [0.717, 1.165) is 15.9 Å². The van der Waals surface area contributed by atoms with Crippen LogP contribution in [0.1, 0.15) is 10.4 Å². The molecule has 0 aliphatic carbocycles. The van der Waals surface area contributed by atoms with E-state index in [4.69, 9.17) is 5.73 Å². The van der Waals surface area contributed by atoms with Crippen LogP contribution in [0.25, 0.3) is 0 Å². The molecule has 4 aromatic rings. The average Bonchev–Trinajstić information content (AvgIpc) is 2.93. The van der Waals surface area contributed by atoms with Crippen molar-refractivity contribution < 1.29 is 14.4 Å². The van der Waals surface area contributed by atoms with E-state index in [-0.39, 0.29) is 10.3 Å². The number of primary amides is 1. The molecule has 0 radical (unpaired) electrons. The summed E-state index contributed by atoms with van der Waals surface area (Å²) < 4.78 is 0. The monoisotopic (exact) mass is 526 g/mol. The quantitative estimate of drug-likeness (QED) is 0.168. The van der Waals surface area contributed by atoms with E-state index in [2.05, 4.69) is 23.3 Å². The van der Waals surface area contributed by atoms with Crippen LogP contribution in [-0.4, -0.2) is 17.8 Å². The van der Waals surface area contributed by atoms with Crippen molar-refractivity contribution in [1.82, 2.24) is 10.6 Å². The summed E-state index contributed by atoms with van der Waals surface area (Å²) in [7, 11) is -3.01. The molecule has 0 aliphatic heterocycles. The van der Waals surface area contributed by atoms with Crippen molar-refractivity contribution in [2.45, 2.75) is 0 Å². The third-order valence-corrected chi connectivity index (χ3v) is 10.5. The Labute approximate surface area is 221 Å². The third-order valence-electron chi connectivity index (χ3n) is 5.71. The smallest absolute Gasteiger partial charge is 0.319 e. The average molecular weight is 527 g/mol. The van der Waals surface area contributed by atoms with Gasteiger partial charge in [0.05, 0.1) is 0 Å². The van der Waals surface area contributed by atoms with Gasteiger partial charge in [0.1, 0.15) is 20.9 Å². The van der Waals surface area contributed by atoms with Gasteiger partial charge in [-0.1, -0.05) is 72.8 Å². The van der Waals surface area contributed by atoms with Crippen LogP contribution in [-0.2, 0) is 4.79 Å². The standard InChI is InChI=1S/C29H24N3O3PS/c30-29(35)32-27(34)25(28(37)31-26(33)21-13-5-1-6-14-21)36(22-15-7-2-8-16-22,23-17-9-3-10-18-23)24-19-11-4-12-20-24/h1-20H,(H4-,30,31,32,33,34,35,37)/p+1. The first kappa shape index (κ1) is 25.9. The molecule has 0 saturated carbocycles. The van der Waals surface area contributed by atoms with Crippen molar-refractivity contribution in [3.63, 3.8) is 0 Å². The fraction of sp³-hybridized carbons (Fsp3) is 0. The van der Waals surface area contributed by atoms with Gasteiger partial charge < -0.3 is 11.1 Å². The molecule has 0 bridgehead atoms. The predicted molar refractivity (Wildman–Crippen MR) is 153 cm³/mol. The van der Waals surface area contributed by atoms with Gasteiger partial charge in [0.2, 0.25) is 5.31 Å². The second-order valence-corrected chi connectivity index (χ2v) is 11.8. The number of benzene rings is 4. The zero-order valence-electron chi connectivity index (χ0n) is 19.7. The second-order valence-electron chi connectivity index (χ2n) is 8.01. The van der Waals surface area contributed by atoms with E-state index >= 15 is 0 Å². The largest absolute Gasteiger partial charge is 0.351 e. The Morgan fingerprint density at radius 2 is 0.973 bits per heavy atom. The first-order chi connectivity index (χ1) is 17.9. The van der Waals surface area contributed by atoms with Crippen molar-refractivity contribution in [3.05, 3.63) is 137 Å². The number of imide groups is 1. The van der Waals surface area contributed by atoms with Crippen molar-refractivity contribution in [1.29, 1.82) is 0 Å². The summed E-state index contributed by atoms with van der Waals surface area (Å²) in [6, 6.07) is 36.2. The van der Waals surface area contributed by atoms with E-state index in [0.29, 0.717) is 5.56 Å². The fourth-order valence-corrected chi connectivity index (χ4v) is 9.12. The van der Waals surface area contributed by atoms with E-state index in [1.807, 2.05) is 91.0 Å². The van der Waals surface area contributed by atoms with Gasteiger partial charge >= 0.3 is 6.03 Å². The maximum Gasteiger partial charge on any atom is 0.319 e. The highest BCUT2D eigenvalue weighted by Crippen LogP contribution is 2.63. The molecule has 0 saturated heterocycles. The Bertz CT molecular complexity index is 1330. The van der Waals surface area contributed by atoms with Crippen LogP contribution < -0.4 is 32.3 Å². The predicted octanol–water partition coefficient (Wildman–Crippen LogP) is 3.70. The van der Waals surface area contributed by atoms with E-state index in [1.54, 1.807) is 30.3 Å². The van der Waals surface area contributed by atoms with Gasteiger partial charge in [-0.05, 0) is 48.5 Å². The lowest BCUT2D eigenvalue weighted by atomic mass is 10.2. The van der Waals surface area contributed by atoms with Crippen LogP contribution in [0.5, 0.6) is 0 Å². The molecule has 8 heteroatoms. The molecule has 0 atom stereocenters. The number of carbonyl (C=O) groups is 3. The number of hydrogen-bond acceptors (Lipinski definition) is 4. The molecule has 4 rings (SSSR count). The lowest BCUT2D eigenvalue weighted by molar-refractivity contribution is -0.115. The van der Waals surface area contributed by atoms with Gasteiger partial charge in [-0.3, -0.25) is 14.9 Å². The summed E-state index contributed by atoms with van der Waals surface area (Å²) in [6.45, 7) is 0. The molecule has 0 spiro atoms. The molecule has 0 aliphatic rings. The summed E-state index contributed by atoms with van der Waals surface area (Å²) in [4.78, 5) is 38.9. The number of thiol groups is 1. The summed E-state index contributed by atoms with van der Waals surface area (Å²) in [6.07, 6.45) is 0. The summed E-state index contributed by atoms with van der Waals surface area (Å²) in [5, 5.41) is 7.68. The number of rotatable bonds is 7. The van der Waals surface area contributed by atoms with Gasteiger partial charge in [-0.25, -0.2) is 4.79 Å². The van der Waals surface area contributed by atoms with E-state index < -0.39 is 25.1 Å². The highest BCUT2D eigenvalue weighted by molar-refractivity contribution is 8.00. The molecule has 0 heterocycles. The Morgan fingerprint density at radius 1 is 0.595 bits per heavy atom. The maximum absolute atomic E-state index is 13.8. The normalized spacial score (nSPS) is 11.7. The van der Waals surface area contributed by atoms with E-state index in [1.165, 1.54) is 0 Å². The molecular weight excluding hydrogens is 501 g/mol. The number of nitrogens with two attached hydrogens (primary N) is 1. The van der Waals surface area contributed by atoms with Gasteiger partial charge in [-0.15, -0.1) is 12.6 Å². The highest BCUT2D eigenvalue weighted by Gasteiger charge is 2.54. The Morgan fingerprint density at radius 3 is 1.35 bits per heavy atom. The first-order valence-electron chi connectivity index (χ1n) is 11.4. The van der Waals surface area contributed by atoms with Crippen molar-refractivity contribution in [2.75, 3.05) is 0 Å². The van der Waals surface area contributed by atoms with Crippen LogP contribution in [0.4, 0.5) is 4.79 Å². The number of hydrogen-bond donors (Lipinski definition) is 4. The molecule has 0 unspecified atom stereocenters. The minimum absolute atomic E-state index is 0.0255. The minimum Gasteiger partial charge on any atom is -0.351 e. The summed E-state index contributed by atoms with van der Waals surface area (Å²) in [5.74, 6) is -1.18. The molecule has 4 N–H and O–H groups in total. The topological polar surface area (TPSA) is 101 Å².